The number of benzene rings is 2. The molecule has 4 heteroatoms. The molecule has 2 aliphatic heterocycles. The minimum Gasteiger partial charge on any atom is -0.444 e. The van der Waals surface area contributed by atoms with E-state index in [2.05, 4.69) is 61.3 Å². The summed E-state index contributed by atoms with van der Waals surface area (Å²) in [6.07, 6.45) is 5.34. The Hall–Kier alpha value is -2.33. The number of likely N-dealkylation sites (tertiary alicyclic amines) is 1. The maximum absolute atomic E-state index is 13.0. The molecule has 4 rings (SSSR count). The molecule has 2 heterocycles. The van der Waals surface area contributed by atoms with Gasteiger partial charge in [-0.05, 0) is 92.6 Å². The minimum atomic E-state index is -0.484. The van der Waals surface area contributed by atoms with E-state index in [9.17, 15) is 4.79 Å². The molecule has 2 aliphatic rings. The summed E-state index contributed by atoms with van der Waals surface area (Å²) in [5, 5.41) is 2.49. The Morgan fingerprint density at radius 3 is 2.55 bits per heavy atom. The zero-order chi connectivity index (χ0) is 22.2. The Balaban J connectivity index is 1.64. The molecule has 1 fully saturated rings. The van der Waals surface area contributed by atoms with Crippen LogP contribution in [0, 0.1) is 5.92 Å². The molecule has 1 saturated heterocycles. The number of hydrogen-bond acceptors (Lipinski definition) is 3. The second-order valence-electron chi connectivity index (χ2n) is 10.4. The van der Waals surface area contributed by atoms with Crippen molar-refractivity contribution in [3.63, 3.8) is 0 Å². The van der Waals surface area contributed by atoms with Crippen LogP contribution in [-0.4, -0.2) is 48.2 Å². The first-order valence-electron chi connectivity index (χ1n) is 11.6. The van der Waals surface area contributed by atoms with E-state index in [4.69, 9.17) is 4.74 Å². The lowest BCUT2D eigenvalue weighted by atomic mass is 9.89. The first kappa shape index (κ1) is 21.9. The Bertz CT molecular complexity index is 988. The van der Waals surface area contributed by atoms with Crippen LogP contribution in [0.1, 0.15) is 64.1 Å². The fourth-order valence-corrected chi connectivity index (χ4v) is 4.73. The number of hydrogen-bond donors (Lipinski definition) is 0. The average Bonchev–Trinajstić information content (AvgIpc) is 2.72. The Morgan fingerprint density at radius 2 is 1.84 bits per heavy atom. The molecule has 1 amide bonds. The predicted octanol–water partition coefficient (Wildman–Crippen LogP) is 6.27. The van der Waals surface area contributed by atoms with Gasteiger partial charge in [-0.2, -0.15) is 0 Å². The molecule has 0 radical (unpaired) electrons. The van der Waals surface area contributed by atoms with E-state index >= 15 is 0 Å². The predicted molar refractivity (Wildman–Crippen MR) is 128 cm³/mol. The molecule has 0 unspecified atom stereocenters. The maximum atomic E-state index is 13.0. The van der Waals surface area contributed by atoms with Gasteiger partial charge in [-0.3, -0.25) is 0 Å². The largest absolute Gasteiger partial charge is 0.444 e. The van der Waals surface area contributed by atoms with Crippen molar-refractivity contribution in [3.05, 3.63) is 53.6 Å². The lowest BCUT2D eigenvalue weighted by Crippen LogP contribution is -2.44. The van der Waals surface area contributed by atoms with E-state index in [1.54, 1.807) is 0 Å². The standard InChI is InChI=1S/C27H36N2O2/c1-19-6-11-25(29(18-19)26(30)31-27(2,3)4)23-10-8-20-7-9-22(16-24(20)17-23)21-12-14-28(5)15-13-21/h7-10,12,16-17,19,25H,6,11,13-15,18H2,1-5H3/t19-,25-/m0/s1. The highest BCUT2D eigenvalue weighted by atomic mass is 16.6. The van der Waals surface area contributed by atoms with Crippen molar-refractivity contribution in [2.24, 2.45) is 5.92 Å². The zero-order valence-electron chi connectivity index (χ0n) is 19.6. The normalized spacial score (nSPS) is 23.0. The number of carbonyl (C=O) groups is 1. The number of fused-ring (bicyclic) bond motifs is 1. The molecule has 2 aromatic carbocycles. The maximum Gasteiger partial charge on any atom is 0.410 e. The topological polar surface area (TPSA) is 32.8 Å². The Labute approximate surface area is 186 Å². The number of ether oxygens (including phenoxy) is 1. The number of carbonyl (C=O) groups excluding carboxylic acids is 1. The summed E-state index contributed by atoms with van der Waals surface area (Å²) in [5.74, 6) is 0.493. The molecule has 2 aromatic rings. The van der Waals surface area contributed by atoms with Crippen molar-refractivity contribution in [1.29, 1.82) is 0 Å². The SMILES string of the molecule is C[C@H]1CC[C@@H](c2ccc3ccc(C4=CCN(C)CC4)cc3c2)N(C(=O)OC(C)(C)C)C1. The summed E-state index contributed by atoms with van der Waals surface area (Å²) in [6, 6.07) is 13.5. The molecule has 0 saturated carbocycles. The van der Waals surface area contributed by atoms with Gasteiger partial charge in [-0.15, -0.1) is 0 Å². The molecule has 0 spiro atoms. The summed E-state index contributed by atoms with van der Waals surface area (Å²) in [6.45, 7) is 10.9. The molecular weight excluding hydrogens is 384 g/mol. The number of likely N-dealkylation sites (N-methyl/N-ethyl adjacent to an activating group) is 1. The fraction of sp³-hybridized carbons (Fsp3) is 0.519. The van der Waals surface area contributed by atoms with Crippen LogP contribution in [0.25, 0.3) is 16.3 Å². The highest BCUT2D eigenvalue weighted by Crippen LogP contribution is 2.36. The van der Waals surface area contributed by atoms with Crippen LogP contribution in [-0.2, 0) is 4.74 Å². The first-order chi connectivity index (χ1) is 14.7. The van der Waals surface area contributed by atoms with Crippen molar-refractivity contribution < 1.29 is 9.53 Å². The van der Waals surface area contributed by atoms with Gasteiger partial charge in [0.1, 0.15) is 5.60 Å². The van der Waals surface area contributed by atoms with E-state index in [0.29, 0.717) is 5.92 Å². The second-order valence-corrected chi connectivity index (χ2v) is 10.4. The molecule has 4 nitrogen and oxygen atoms in total. The molecule has 31 heavy (non-hydrogen) atoms. The number of amides is 1. The Morgan fingerprint density at radius 1 is 1.06 bits per heavy atom. The van der Waals surface area contributed by atoms with Gasteiger partial charge in [0, 0.05) is 19.6 Å². The van der Waals surface area contributed by atoms with Crippen LogP contribution in [0.15, 0.2) is 42.5 Å². The van der Waals surface area contributed by atoms with Gasteiger partial charge < -0.3 is 14.5 Å². The summed E-state index contributed by atoms with van der Waals surface area (Å²) in [4.78, 5) is 17.3. The molecule has 0 aliphatic carbocycles. The van der Waals surface area contributed by atoms with Crippen LogP contribution >= 0.6 is 0 Å². The highest BCUT2D eigenvalue weighted by Gasteiger charge is 2.34. The molecule has 166 valence electrons. The first-order valence-corrected chi connectivity index (χ1v) is 11.6. The molecular formula is C27H36N2O2. The lowest BCUT2D eigenvalue weighted by molar-refractivity contribution is 0.00365. The van der Waals surface area contributed by atoms with Gasteiger partial charge in [0.25, 0.3) is 0 Å². The van der Waals surface area contributed by atoms with Crippen molar-refractivity contribution >= 4 is 22.4 Å². The van der Waals surface area contributed by atoms with E-state index in [-0.39, 0.29) is 12.1 Å². The van der Waals surface area contributed by atoms with Crippen LogP contribution in [0.4, 0.5) is 4.79 Å². The van der Waals surface area contributed by atoms with Crippen molar-refractivity contribution in [1.82, 2.24) is 9.80 Å². The van der Waals surface area contributed by atoms with E-state index in [1.807, 2.05) is 25.7 Å². The van der Waals surface area contributed by atoms with Crippen molar-refractivity contribution in [2.75, 3.05) is 26.7 Å². The smallest absolute Gasteiger partial charge is 0.410 e. The van der Waals surface area contributed by atoms with Gasteiger partial charge in [-0.1, -0.05) is 37.3 Å². The summed E-state index contributed by atoms with van der Waals surface area (Å²) in [7, 11) is 2.17. The van der Waals surface area contributed by atoms with E-state index in [1.165, 1.54) is 27.5 Å². The summed E-state index contributed by atoms with van der Waals surface area (Å²) < 4.78 is 5.75. The number of rotatable bonds is 2. The zero-order valence-corrected chi connectivity index (χ0v) is 19.6. The lowest BCUT2D eigenvalue weighted by Gasteiger charge is -2.39. The summed E-state index contributed by atoms with van der Waals surface area (Å²) in [5.41, 5.74) is 3.48. The van der Waals surface area contributed by atoms with Crippen LogP contribution in [0.3, 0.4) is 0 Å². The highest BCUT2D eigenvalue weighted by molar-refractivity contribution is 5.87. The van der Waals surface area contributed by atoms with E-state index < -0.39 is 5.60 Å². The van der Waals surface area contributed by atoms with E-state index in [0.717, 1.165) is 38.9 Å². The van der Waals surface area contributed by atoms with Gasteiger partial charge in [0.05, 0.1) is 6.04 Å². The van der Waals surface area contributed by atoms with Gasteiger partial charge in [-0.25, -0.2) is 4.79 Å². The molecule has 0 bridgehead atoms. The summed E-state index contributed by atoms with van der Waals surface area (Å²) >= 11 is 0. The van der Waals surface area contributed by atoms with Crippen molar-refractivity contribution in [3.8, 4) is 0 Å². The van der Waals surface area contributed by atoms with Crippen LogP contribution < -0.4 is 0 Å². The number of piperidine rings is 1. The minimum absolute atomic E-state index is 0.0710. The quantitative estimate of drug-likeness (QED) is 0.574. The van der Waals surface area contributed by atoms with Crippen LogP contribution in [0.2, 0.25) is 0 Å². The van der Waals surface area contributed by atoms with Gasteiger partial charge >= 0.3 is 6.09 Å². The second kappa shape index (κ2) is 8.66. The van der Waals surface area contributed by atoms with Gasteiger partial charge in [0.2, 0.25) is 0 Å². The molecule has 0 N–H and O–H groups in total. The third-order valence-corrected chi connectivity index (χ3v) is 6.48. The average molecular weight is 421 g/mol. The third-order valence-electron chi connectivity index (χ3n) is 6.48. The molecule has 0 aromatic heterocycles. The third kappa shape index (κ3) is 5.12. The molecule has 2 atom stereocenters. The fourth-order valence-electron chi connectivity index (χ4n) is 4.73. The monoisotopic (exact) mass is 420 g/mol. The number of nitrogens with zero attached hydrogens (tertiary/aromatic N) is 2. The van der Waals surface area contributed by atoms with Crippen LogP contribution in [0.5, 0.6) is 0 Å². The van der Waals surface area contributed by atoms with Gasteiger partial charge in [0.15, 0.2) is 0 Å². The van der Waals surface area contributed by atoms with Crippen molar-refractivity contribution in [2.45, 2.75) is 58.6 Å². The Kier molecular flexibility index (Phi) is 6.11.